The molecule has 3 unspecified atom stereocenters. The molecule has 0 spiro atoms. The van der Waals surface area contributed by atoms with Crippen LogP contribution in [0.25, 0.3) is 0 Å². The molecule has 4 aliphatic heterocycles. The van der Waals surface area contributed by atoms with E-state index < -0.39 is 41.3 Å². The van der Waals surface area contributed by atoms with Crippen molar-refractivity contribution in [2.45, 2.75) is 37.4 Å². The highest BCUT2D eigenvalue weighted by Gasteiger charge is 2.51. The van der Waals surface area contributed by atoms with E-state index in [0.29, 0.717) is 19.2 Å². The number of hydrogen-bond acceptors (Lipinski definition) is 6. The predicted octanol–water partition coefficient (Wildman–Crippen LogP) is -0.0835. The van der Waals surface area contributed by atoms with Crippen LogP contribution in [0, 0.1) is 11.6 Å². The van der Waals surface area contributed by atoms with Gasteiger partial charge < -0.3 is 10.2 Å². The molecule has 2 N–H and O–H groups in total. The average Bonchev–Trinajstić information content (AvgIpc) is 2.90. The average molecular weight is 390 g/mol. The lowest BCUT2D eigenvalue weighted by molar-refractivity contribution is -0.136. The Kier molecular flexibility index (Phi) is 3.57. The number of nitrogens with zero attached hydrogens (tertiary/aromatic N) is 2. The smallest absolute Gasteiger partial charge is 0.264 e. The van der Waals surface area contributed by atoms with E-state index >= 15 is 0 Å². The zero-order chi connectivity index (χ0) is 19.7. The van der Waals surface area contributed by atoms with Gasteiger partial charge in [-0.15, -0.1) is 0 Å². The minimum absolute atomic E-state index is 0.0185. The third-order valence-corrected chi connectivity index (χ3v) is 5.95. The van der Waals surface area contributed by atoms with E-state index in [0.717, 1.165) is 11.3 Å². The first-order valence-electron chi connectivity index (χ1n) is 9.11. The number of nitrogens with one attached hydrogen (secondary N) is 2. The Bertz CT molecular complexity index is 951. The number of piperidine rings is 2. The van der Waals surface area contributed by atoms with Crippen LogP contribution in [0.2, 0.25) is 0 Å². The van der Waals surface area contributed by atoms with Gasteiger partial charge in [-0.2, -0.15) is 0 Å². The van der Waals surface area contributed by atoms with Crippen LogP contribution < -0.4 is 15.5 Å². The first kappa shape index (κ1) is 17.2. The Morgan fingerprint density at radius 3 is 2.39 bits per heavy atom. The van der Waals surface area contributed by atoms with Gasteiger partial charge in [-0.3, -0.25) is 29.4 Å². The first-order valence-corrected chi connectivity index (χ1v) is 9.11. The van der Waals surface area contributed by atoms with Crippen LogP contribution >= 0.6 is 0 Å². The summed E-state index contributed by atoms with van der Waals surface area (Å²) in [5.41, 5.74) is -0.655. The Morgan fingerprint density at radius 1 is 1.04 bits per heavy atom. The van der Waals surface area contributed by atoms with E-state index in [2.05, 4.69) is 10.6 Å². The zero-order valence-electron chi connectivity index (χ0n) is 14.6. The summed E-state index contributed by atoms with van der Waals surface area (Å²) in [5, 5.41) is 5.27. The fourth-order valence-electron chi connectivity index (χ4n) is 4.64. The fraction of sp³-hybridized carbons (Fsp3) is 0.444. The summed E-state index contributed by atoms with van der Waals surface area (Å²) in [4.78, 5) is 51.9. The second-order valence-electron chi connectivity index (χ2n) is 7.50. The number of fused-ring (bicyclic) bond motifs is 3. The molecule has 28 heavy (non-hydrogen) atoms. The molecular weight excluding hydrogens is 374 g/mol. The number of rotatable bonds is 2. The third-order valence-electron chi connectivity index (χ3n) is 5.95. The van der Waals surface area contributed by atoms with Gasteiger partial charge in [0, 0.05) is 31.6 Å². The van der Waals surface area contributed by atoms with E-state index in [-0.39, 0.29) is 41.7 Å². The van der Waals surface area contributed by atoms with Gasteiger partial charge in [0.05, 0.1) is 16.8 Å². The van der Waals surface area contributed by atoms with Crippen molar-refractivity contribution >= 4 is 29.3 Å². The molecule has 3 fully saturated rings. The van der Waals surface area contributed by atoms with Crippen LogP contribution in [0.3, 0.4) is 0 Å². The Morgan fingerprint density at radius 2 is 1.75 bits per heavy atom. The maximum Gasteiger partial charge on any atom is 0.264 e. The van der Waals surface area contributed by atoms with Crippen molar-refractivity contribution in [3.63, 3.8) is 0 Å². The van der Waals surface area contributed by atoms with Crippen molar-refractivity contribution in [1.29, 1.82) is 0 Å². The van der Waals surface area contributed by atoms with Crippen LogP contribution in [0.15, 0.2) is 6.07 Å². The molecule has 3 atom stereocenters. The summed E-state index contributed by atoms with van der Waals surface area (Å²) >= 11 is 0. The second kappa shape index (κ2) is 5.81. The Hall–Kier alpha value is -2.88. The number of imide groups is 2. The lowest BCUT2D eigenvalue weighted by Crippen LogP contribution is -2.68. The fourth-order valence-corrected chi connectivity index (χ4v) is 4.64. The number of benzene rings is 1. The molecule has 1 aromatic carbocycles. The molecule has 10 heteroatoms. The highest BCUT2D eigenvalue weighted by atomic mass is 19.2. The Labute approximate surface area is 157 Å². The lowest BCUT2D eigenvalue weighted by Gasteiger charge is -2.54. The highest BCUT2D eigenvalue weighted by Crippen LogP contribution is 2.43. The van der Waals surface area contributed by atoms with Crippen LogP contribution in [0.4, 0.5) is 14.5 Å². The van der Waals surface area contributed by atoms with Crippen molar-refractivity contribution in [1.82, 2.24) is 15.5 Å². The molecule has 0 aliphatic carbocycles. The summed E-state index contributed by atoms with van der Waals surface area (Å²) in [6, 6.07) is -0.645. The van der Waals surface area contributed by atoms with Crippen molar-refractivity contribution < 1.29 is 28.0 Å². The molecule has 3 saturated heterocycles. The van der Waals surface area contributed by atoms with E-state index in [1.165, 1.54) is 0 Å². The largest absolute Gasteiger partial charge is 0.360 e. The maximum absolute atomic E-state index is 14.8. The first-order chi connectivity index (χ1) is 13.4. The van der Waals surface area contributed by atoms with Crippen LogP contribution in [-0.2, 0) is 9.59 Å². The van der Waals surface area contributed by atoms with Gasteiger partial charge in [-0.1, -0.05) is 0 Å². The standard InChI is InChI=1S/C18H16F2N4O4/c19-10-4-9-13(15(14(10)20)23-7-3-8(23)6-21-5-7)18(28)24(17(9)27)11-1-2-12(25)22-16(11)26/h4,7-8,11,21H,1-3,5-6H2,(H,22,25,26). The van der Waals surface area contributed by atoms with Crippen molar-refractivity contribution in [2.75, 3.05) is 18.0 Å². The summed E-state index contributed by atoms with van der Waals surface area (Å²) in [6.07, 6.45) is 0.743. The molecule has 4 aliphatic rings. The van der Waals surface area contributed by atoms with Gasteiger partial charge in [0.15, 0.2) is 11.6 Å². The summed E-state index contributed by atoms with van der Waals surface area (Å²) in [7, 11) is 0. The van der Waals surface area contributed by atoms with Crippen molar-refractivity contribution in [2.24, 2.45) is 0 Å². The molecule has 4 heterocycles. The molecule has 1 aromatic rings. The van der Waals surface area contributed by atoms with Gasteiger partial charge in [-0.05, 0) is 18.9 Å². The number of anilines is 1. The van der Waals surface area contributed by atoms with E-state index in [1.54, 1.807) is 4.90 Å². The molecule has 5 rings (SSSR count). The zero-order valence-corrected chi connectivity index (χ0v) is 14.6. The lowest BCUT2D eigenvalue weighted by atomic mass is 9.86. The normalized spacial score (nSPS) is 29.0. The summed E-state index contributed by atoms with van der Waals surface area (Å²) in [6.45, 7) is 1.14. The highest BCUT2D eigenvalue weighted by molar-refractivity contribution is 6.25. The maximum atomic E-state index is 14.8. The number of amides is 4. The van der Waals surface area contributed by atoms with Gasteiger partial charge in [-0.25, -0.2) is 8.78 Å². The van der Waals surface area contributed by atoms with E-state index in [1.807, 2.05) is 0 Å². The summed E-state index contributed by atoms with van der Waals surface area (Å²) < 4.78 is 29.1. The molecule has 4 amide bonds. The molecule has 0 aromatic heterocycles. The van der Waals surface area contributed by atoms with Gasteiger partial charge in [0.25, 0.3) is 11.8 Å². The minimum atomic E-state index is -1.21. The molecule has 8 nitrogen and oxygen atoms in total. The number of hydrogen-bond donors (Lipinski definition) is 2. The molecule has 0 saturated carbocycles. The topological polar surface area (TPSA) is 98.8 Å². The molecule has 0 radical (unpaired) electrons. The van der Waals surface area contributed by atoms with Gasteiger partial charge in [0.1, 0.15) is 6.04 Å². The number of piperazine rings is 1. The van der Waals surface area contributed by atoms with Crippen LogP contribution in [0.5, 0.6) is 0 Å². The second-order valence-corrected chi connectivity index (χ2v) is 7.50. The van der Waals surface area contributed by atoms with E-state index in [9.17, 15) is 28.0 Å². The molecule has 146 valence electrons. The molecule has 2 bridgehead atoms. The van der Waals surface area contributed by atoms with Crippen molar-refractivity contribution in [3.8, 4) is 0 Å². The number of halogens is 2. The number of carbonyl (C=O) groups is 4. The monoisotopic (exact) mass is 390 g/mol. The number of carbonyl (C=O) groups excluding carboxylic acids is 4. The summed E-state index contributed by atoms with van der Waals surface area (Å²) in [5.74, 6) is -5.31. The van der Waals surface area contributed by atoms with Crippen LogP contribution in [-0.4, -0.2) is 59.7 Å². The van der Waals surface area contributed by atoms with E-state index in [4.69, 9.17) is 0 Å². The van der Waals surface area contributed by atoms with Gasteiger partial charge >= 0.3 is 0 Å². The quantitative estimate of drug-likeness (QED) is 0.686. The predicted molar refractivity (Wildman–Crippen MR) is 90.6 cm³/mol. The van der Waals surface area contributed by atoms with Crippen molar-refractivity contribution in [3.05, 3.63) is 28.8 Å². The Balaban J connectivity index is 1.60. The molecular formula is C18H16F2N4O4. The minimum Gasteiger partial charge on any atom is -0.360 e. The SMILES string of the molecule is O=C1CCC(N2C(=O)c3cc(F)c(F)c(N4C5CNCC4C5)c3C2=O)C(=O)N1. The van der Waals surface area contributed by atoms with Gasteiger partial charge in [0.2, 0.25) is 11.8 Å². The van der Waals surface area contributed by atoms with Crippen LogP contribution in [0.1, 0.15) is 40.0 Å². The third kappa shape index (κ3) is 2.17.